The lowest BCUT2D eigenvalue weighted by Crippen LogP contribution is -2.15. The van der Waals surface area contributed by atoms with Gasteiger partial charge in [-0.25, -0.2) is 4.98 Å². The van der Waals surface area contributed by atoms with E-state index in [0.29, 0.717) is 12.5 Å². The normalized spacial score (nSPS) is 10.6. The maximum atomic E-state index is 5.59. The monoisotopic (exact) mass is 260 g/mol. The van der Waals surface area contributed by atoms with Gasteiger partial charge >= 0.3 is 0 Å². The summed E-state index contributed by atoms with van der Waals surface area (Å²) in [6, 6.07) is 7.69. The molecule has 4 heteroatoms. The van der Waals surface area contributed by atoms with Crippen LogP contribution in [0.15, 0.2) is 34.9 Å². The quantitative estimate of drug-likeness (QED) is 0.777. The Hall–Kier alpha value is -1.81. The van der Waals surface area contributed by atoms with Gasteiger partial charge in [-0.3, -0.25) is 0 Å². The van der Waals surface area contributed by atoms with Crippen LogP contribution in [-0.4, -0.2) is 11.5 Å². The topological polar surface area (TPSA) is 47.3 Å². The highest BCUT2D eigenvalue weighted by atomic mass is 16.5. The van der Waals surface area contributed by atoms with E-state index in [-0.39, 0.29) is 0 Å². The van der Waals surface area contributed by atoms with Gasteiger partial charge in [0, 0.05) is 18.3 Å². The third kappa shape index (κ3) is 4.10. The number of nitrogens with zero attached hydrogens (tertiary/aromatic N) is 1. The Labute approximate surface area is 113 Å². The molecule has 2 aromatic rings. The van der Waals surface area contributed by atoms with Crippen molar-refractivity contribution >= 4 is 0 Å². The van der Waals surface area contributed by atoms with Crippen LogP contribution in [0.2, 0.25) is 0 Å². The van der Waals surface area contributed by atoms with Crippen LogP contribution in [0.3, 0.4) is 0 Å². The van der Waals surface area contributed by atoms with Gasteiger partial charge in [0.1, 0.15) is 12.4 Å². The molecule has 0 aliphatic carbocycles. The predicted molar refractivity (Wildman–Crippen MR) is 74.0 cm³/mol. The molecule has 1 N–H and O–H groups in total. The van der Waals surface area contributed by atoms with Crippen molar-refractivity contribution in [3.8, 4) is 5.88 Å². The van der Waals surface area contributed by atoms with E-state index in [4.69, 9.17) is 9.15 Å². The van der Waals surface area contributed by atoms with Gasteiger partial charge in [0.15, 0.2) is 0 Å². The summed E-state index contributed by atoms with van der Waals surface area (Å²) in [6.45, 7) is 6.45. The highest BCUT2D eigenvalue weighted by Crippen LogP contribution is 2.14. The first-order chi connectivity index (χ1) is 9.29. The van der Waals surface area contributed by atoms with Gasteiger partial charge in [-0.1, -0.05) is 13.0 Å². The van der Waals surface area contributed by atoms with Crippen molar-refractivity contribution in [2.45, 2.75) is 33.4 Å². The fourth-order valence-corrected chi connectivity index (χ4v) is 1.77. The molecule has 0 saturated heterocycles. The molecule has 0 amide bonds. The molecule has 0 saturated carbocycles. The molecule has 0 aromatic carbocycles. The molecule has 0 spiro atoms. The summed E-state index contributed by atoms with van der Waals surface area (Å²) >= 11 is 0. The zero-order chi connectivity index (χ0) is 13.5. The second-order valence-electron chi connectivity index (χ2n) is 4.44. The molecule has 102 valence electrons. The molecule has 0 aliphatic heterocycles. The van der Waals surface area contributed by atoms with Crippen molar-refractivity contribution in [3.05, 3.63) is 47.5 Å². The van der Waals surface area contributed by atoms with Gasteiger partial charge in [0.25, 0.3) is 0 Å². The molecule has 0 radical (unpaired) electrons. The smallest absolute Gasteiger partial charge is 0.213 e. The summed E-state index contributed by atoms with van der Waals surface area (Å²) < 4.78 is 10.8. The maximum absolute atomic E-state index is 5.59. The minimum absolute atomic E-state index is 0.410. The predicted octanol–water partition coefficient (Wildman–Crippen LogP) is 3.06. The molecule has 0 atom stereocenters. The van der Waals surface area contributed by atoms with Crippen LogP contribution in [0.25, 0.3) is 0 Å². The largest absolute Gasteiger partial charge is 0.469 e. The van der Waals surface area contributed by atoms with E-state index in [1.54, 1.807) is 6.26 Å². The average molecular weight is 260 g/mol. The number of aromatic nitrogens is 1. The zero-order valence-electron chi connectivity index (χ0n) is 11.5. The highest BCUT2D eigenvalue weighted by Gasteiger charge is 2.03. The zero-order valence-corrected chi connectivity index (χ0v) is 11.5. The van der Waals surface area contributed by atoms with Crippen LogP contribution in [-0.2, 0) is 13.2 Å². The van der Waals surface area contributed by atoms with E-state index in [9.17, 15) is 0 Å². The lowest BCUT2D eigenvalue weighted by Gasteiger charge is -2.09. The number of aryl methyl sites for hydroxylation is 1. The van der Waals surface area contributed by atoms with Crippen LogP contribution >= 0.6 is 0 Å². The van der Waals surface area contributed by atoms with Crippen LogP contribution in [0.1, 0.15) is 30.4 Å². The number of hydrogen-bond donors (Lipinski definition) is 1. The van der Waals surface area contributed by atoms with Gasteiger partial charge in [-0.15, -0.1) is 0 Å². The second-order valence-corrected chi connectivity index (χ2v) is 4.44. The van der Waals surface area contributed by atoms with E-state index in [1.165, 1.54) is 5.56 Å². The summed E-state index contributed by atoms with van der Waals surface area (Å²) in [5, 5.41) is 3.37. The maximum Gasteiger partial charge on any atom is 0.213 e. The summed E-state index contributed by atoms with van der Waals surface area (Å²) in [5.41, 5.74) is 2.21. The number of pyridine rings is 1. The number of nitrogens with one attached hydrogen (secondary N) is 1. The fraction of sp³-hybridized carbons (Fsp3) is 0.400. The van der Waals surface area contributed by atoms with Crippen LogP contribution in [0, 0.1) is 6.92 Å². The Morgan fingerprint density at radius 3 is 2.89 bits per heavy atom. The van der Waals surface area contributed by atoms with Gasteiger partial charge in [0.05, 0.1) is 6.26 Å². The Bertz CT molecular complexity index is 495. The number of furan rings is 1. The van der Waals surface area contributed by atoms with Gasteiger partial charge in [0.2, 0.25) is 5.88 Å². The fourth-order valence-electron chi connectivity index (χ4n) is 1.77. The number of ether oxygens (including phenoxy) is 1. The van der Waals surface area contributed by atoms with E-state index >= 15 is 0 Å². The first-order valence-corrected chi connectivity index (χ1v) is 6.62. The third-order valence-corrected chi connectivity index (χ3v) is 2.85. The molecular formula is C15H20N2O2. The Kier molecular flexibility index (Phi) is 4.98. The van der Waals surface area contributed by atoms with Crippen molar-refractivity contribution in [3.63, 3.8) is 0 Å². The van der Waals surface area contributed by atoms with E-state index in [1.807, 2.05) is 25.1 Å². The minimum atomic E-state index is 0.410. The molecule has 2 rings (SSSR count). The first-order valence-electron chi connectivity index (χ1n) is 6.62. The van der Waals surface area contributed by atoms with E-state index in [0.717, 1.165) is 31.0 Å². The molecule has 4 nitrogen and oxygen atoms in total. The average Bonchev–Trinajstić information content (AvgIpc) is 2.92. The highest BCUT2D eigenvalue weighted by molar-refractivity contribution is 5.25. The summed E-state index contributed by atoms with van der Waals surface area (Å²) in [5.74, 6) is 1.43. The molecule has 19 heavy (non-hydrogen) atoms. The van der Waals surface area contributed by atoms with E-state index in [2.05, 4.69) is 23.3 Å². The Balaban J connectivity index is 1.90. The molecule has 0 bridgehead atoms. The van der Waals surface area contributed by atoms with Gasteiger partial charge in [-0.2, -0.15) is 0 Å². The minimum Gasteiger partial charge on any atom is -0.469 e. The molecule has 0 unspecified atom stereocenters. The Morgan fingerprint density at radius 2 is 2.21 bits per heavy atom. The van der Waals surface area contributed by atoms with Crippen molar-refractivity contribution in [1.29, 1.82) is 0 Å². The van der Waals surface area contributed by atoms with Crippen molar-refractivity contribution < 1.29 is 9.15 Å². The van der Waals surface area contributed by atoms with Crippen LogP contribution < -0.4 is 10.1 Å². The molecular weight excluding hydrogens is 240 g/mol. The standard InChI is InChI=1S/C15H20N2O2/c1-3-8-16-10-13-6-7-15(17-12(13)2)19-11-14-5-4-9-18-14/h4-7,9,16H,3,8,10-11H2,1-2H3. The van der Waals surface area contributed by atoms with Crippen molar-refractivity contribution in [2.24, 2.45) is 0 Å². The van der Waals surface area contributed by atoms with E-state index < -0.39 is 0 Å². The number of rotatable bonds is 7. The van der Waals surface area contributed by atoms with Crippen LogP contribution in [0.5, 0.6) is 5.88 Å². The SMILES string of the molecule is CCCNCc1ccc(OCc2ccco2)nc1C. The lowest BCUT2D eigenvalue weighted by atomic mass is 10.2. The second kappa shape index (κ2) is 6.95. The molecule has 2 aromatic heterocycles. The molecule has 2 heterocycles. The van der Waals surface area contributed by atoms with Crippen LogP contribution in [0.4, 0.5) is 0 Å². The van der Waals surface area contributed by atoms with Gasteiger partial charge in [-0.05, 0) is 37.6 Å². The number of hydrogen-bond acceptors (Lipinski definition) is 4. The summed E-state index contributed by atoms with van der Waals surface area (Å²) in [6.07, 6.45) is 2.77. The van der Waals surface area contributed by atoms with Crippen molar-refractivity contribution in [2.75, 3.05) is 6.54 Å². The third-order valence-electron chi connectivity index (χ3n) is 2.85. The molecule has 0 fully saturated rings. The Morgan fingerprint density at radius 1 is 1.32 bits per heavy atom. The lowest BCUT2D eigenvalue weighted by molar-refractivity contribution is 0.260. The first kappa shape index (κ1) is 13.6. The molecule has 0 aliphatic rings. The summed E-state index contributed by atoms with van der Waals surface area (Å²) in [7, 11) is 0. The van der Waals surface area contributed by atoms with Gasteiger partial charge < -0.3 is 14.5 Å². The summed E-state index contributed by atoms with van der Waals surface area (Å²) in [4.78, 5) is 4.45. The van der Waals surface area contributed by atoms with Crippen molar-refractivity contribution in [1.82, 2.24) is 10.3 Å².